The second-order valence-electron chi connectivity index (χ2n) is 3.53. The fourth-order valence-corrected chi connectivity index (χ4v) is 3.10. The largest absolute Gasteiger partial charge is 0.375 e. The number of nitrogens with two attached hydrogens (primary N) is 1. The zero-order chi connectivity index (χ0) is 12.8. The summed E-state index contributed by atoms with van der Waals surface area (Å²) in [5, 5.41) is 3.41. The quantitative estimate of drug-likeness (QED) is 0.826. The SMILES string of the molecule is Nc1ncc(SCCC(=O)Nc2ccccc2)s1. The first-order valence-corrected chi connectivity index (χ1v) is 7.23. The first-order valence-electron chi connectivity index (χ1n) is 5.43. The summed E-state index contributed by atoms with van der Waals surface area (Å²) in [6.07, 6.45) is 2.21. The Bertz CT molecular complexity index is 513. The van der Waals surface area contributed by atoms with Crippen molar-refractivity contribution in [3.63, 3.8) is 0 Å². The number of amides is 1. The van der Waals surface area contributed by atoms with E-state index in [1.54, 1.807) is 18.0 Å². The van der Waals surface area contributed by atoms with Gasteiger partial charge < -0.3 is 11.1 Å². The number of anilines is 2. The summed E-state index contributed by atoms with van der Waals surface area (Å²) in [6.45, 7) is 0. The average Bonchev–Trinajstić information content (AvgIpc) is 2.76. The van der Waals surface area contributed by atoms with E-state index in [1.807, 2.05) is 30.3 Å². The standard InChI is InChI=1S/C12H13N3OS2/c13-12-14-8-11(18-12)17-7-6-10(16)15-9-4-2-1-3-5-9/h1-5,8H,6-7H2,(H2,13,14)(H,15,16). The van der Waals surface area contributed by atoms with Crippen LogP contribution in [0.5, 0.6) is 0 Å². The Morgan fingerprint density at radius 1 is 1.39 bits per heavy atom. The summed E-state index contributed by atoms with van der Waals surface area (Å²) >= 11 is 3.04. The van der Waals surface area contributed by atoms with Crippen LogP contribution in [-0.4, -0.2) is 16.6 Å². The first-order chi connectivity index (χ1) is 8.74. The molecule has 0 saturated carbocycles. The van der Waals surface area contributed by atoms with Crippen LogP contribution < -0.4 is 11.1 Å². The maximum Gasteiger partial charge on any atom is 0.225 e. The zero-order valence-corrected chi connectivity index (χ0v) is 11.3. The minimum Gasteiger partial charge on any atom is -0.375 e. The molecule has 0 spiro atoms. The van der Waals surface area contributed by atoms with Gasteiger partial charge in [0.05, 0.1) is 10.4 Å². The Morgan fingerprint density at radius 3 is 2.83 bits per heavy atom. The lowest BCUT2D eigenvalue weighted by atomic mass is 10.3. The first kappa shape index (κ1) is 12.9. The number of nitrogens with one attached hydrogen (secondary N) is 1. The number of para-hydroxylation sites is 1. The van der Waals surface area contributed by atoms with Crippen LogP contribution in [0.1, 0.15) is 6.42 Å². The van der Waals surface area contributed by atoms with Gasteiger partial charge in [-0.2, -0.15) is 0 Å². The number of nitrogen functional groups attached to an aromatic ring is 1. The van der Waals surface area contributed by atoms with Crippen molar-refractivity contribution in [3.05, 3.63) is 36.5 Å². The maximum absolute atomic E-state index is 11.6. The van der Waals surface area contributed by atoms with E-state index in [0.29, 0.717) is 11.6 Å². The van der Waals surface area contributed by atoms with Gasteiger partial charge in [-0.05, 0) is 12.1 Å². The Hall–Kier alpha value is -1.53. The summed E-state index contributed by atoms with van der Waals surface area (Å²) in [7, 11) is 0. The molecule has 0 aliphatic heterocycles. The molecule has 0 bridgehead atoms. The highest BCUT2D eigenvalue weighted by Gasteiger charge is 2.04. The van der Waals surface area contributed by atoms with Gasteiger partial charge in [0.2, 0.25) is 5.91 Å². The molecule has 2 rings (SSSR count). The van der Waals surface area contributed by atoms with Crippen molar-refractivity contribution in [3.8, 4) is 0 Å². The van der Waals surface area contributed by atoms with Crippen molar-refractivity contribution in [1.29, 1.82) is 0 Å². The van der Waals surface area contributed by atoms with Gasteiger partial charge in [0.1, 0.15) is 0 Å². The molecule has 1 aromatic carbocycles. The fourth-order valence-electron chi connectivity index (χ4n) is 1.33. The van der Waals surface area contributed by atoms with E-state index in [-0.39, 0.29) is 5.91 Å². The van der Waals surface area contributed by atoms with Gasteiger partial charge in [0, 0.05) is 17.9 Å². The molecule has 1 amide bonds. The number of rotatable bonds is 5. The van der Waals surface area contributed by atoms with Crippen molar-refractivity contribution >= 4 is 39.8 Å². The van der Waals surface area contributed by atoms with Crippen molar-refractivity contribution in [2.45, 2.75) is 10.6 Å². The number of carbonyl (C=O) groups excluding carboxylic acids is 1. The van der Waals surface area contributed by atoms with E-state index < -0.39 is 0 Å². The molecule has 94 valence electrons. The number of benzene rings is 1. The topological polar surface area (TPSA) is 68.0 Å². The van der Waals surface area contributed by atoms with E-state index in [4.69, 9.17) is 5.73 Å². The summed E-state index contributed by atoms with van der Waals surface area (Å²) < 4.78 is 1.04. The molecule has 0 radical (unpaired) electrons. The monoisotopic (exact) mass is 279 g/mol. The molecule has 1 heterocycles. The summed E-state index contributed by atoms with van der Waals surface area (Å²) in [4.78, 5) is 15.6. The molecule has 3 N–H and O–H groups in total. The predicted molar refractivity (Wildman–Crippen MR) is 76.9 cm³/mol. The van der Waals surface area contributed by atoms with Crippen LogP contribution in [0.4, 0.5) is 10.8 Å². The van der Waals surface area contributed by atoms with E-state index in [2.05, 4.69) is 10.3 Å². The van der Waals surface area contributed by atoms with Gasteiger partial charge in [0.15, 0.2) is 5.13 Å². The van der Waals surface area contributed by atoms with E-state index in [1.165, 1.54) is 11.3 Å². The lowest BCUT2D eigenvalue weighted by Crippen LogP contribution is -2.11. The number of hydrogen-bond donors (Lipinski definition) is 2. The normalized spacial score (nSPS) is 10.2. The van der Waals surface area contributed by atoms with Crippen LogP contribution in [0.15, 0.2) is 40.7 Å². The molecule has 1 aromatic heterocycles. The van der Waals surface area contributed by atoms with Gasteiger partial charge in [-0.15, -0.1) is 11.8 Å². The number of thioether (sulfide) groups is 1. The van der Waals surface area contributed by atoms with E-state index in [9.17, 15) is 4.79 Å². The highest BCUT2D eigenvalue weighted by atomic mass is 32.2. The lowest BCUT2D eigenvalue weighted by molar-refractivity contribution is -0.115. The van der Waals surface area contributed by atoms with Crippen molar-refractivity contribution < 1.29 is 4.79 Å². The highest BCUT2D eigenvalue weighted by molar-refractivity contribution is 8.01. The van der Waals surface area contributed by atoms with Crippen LogP contribution in [-0.2, 0) is 4.79 Å². The highest BCUT2D eigenvalue weighted by Crippen LogP contribution is 2.26. The molecule has 0 aliphatic carbocycles. The molecule has 2 aromatic rings. The zero-order valence-electron chi connectivity index (χ0n) is 9.63. The number of aromatic nitrogens is 1. The molecule has 0 atom stereocenters. The molecule has 6 heteroatoms. The van der Waals surface area contributed by atoms with Crippen LogP contribution in [0.25, 0.3) is 0 Å². The summed E-state index contributed by atoms with van der Waals surface area (Å²) in [5.41, 5.74) is 6.36. The second kappa shape index (κ2) is 6.42. The average molecular weight is 279 g/mol. The molecule has 4 nitrogen and oxygen atoms in total. The maximum atomic E-state index is 11.6. The van der Waals surface area contributed by atoms with Crippen molar-refractivity contribution in [2.75, 3.05) is 16.8 Å². The molecular weight excluding hydrogens is 266 g/mol. The third-order valence-corrected chi connectivity index (χ3v) is 4.16. The minimum atomic E-state index is 0.0196. The van der Waals surface area contributed by atoms with Crippen molar-refractivity contribution in [2.24, 2.45) is 0 Å². The van der Waals surface area contributed by atoms with Crippen molar-refractivity contribution in [1.82, 2.24) is 4.98 Å². The molecule has 0 saturated heterocycles. The molecule has 0 aliphatic rings. The molecule has 18 heavy (non-hydrogen) atoms. The van der Waals surface area contributed by atoms with Crippen LogP contribution >= 0.6 is 23.1 Å². The Balaban J connectivity index is 1.72. The summed E-state index contributed by atoms with van der Waals surface area (Å²) in [6, 6.07) is 9.44. The Labute approximate surface area is 114 Å². The smallest absolute Gasteiger partial charge is 0.225 e. The van der Waals surface area contributed by atoms with E-state index in [0.717, 1.165) is 15.6 Å². The predicted octanol–water partition coefficient (Wildman–Crippen LogP) is 2.85. The number of hydrogen-bond acceptors (Lipinski definition) is 5. The summed E-state index contributed by atoms with van der Waals surface area (Å²) in [5.74, 6) is 0.742. The van der Waals surface area contributed by atoms with Crippen LogP contribution in [0.2, 0.25) is 0 Å². The minimum absolute atomic E-state index is 0.0196. The number of nitrogens with zero attached hydrogens (tertiary/aromatic N) is 1. The number of carbonyl (C=O) groups is 1. The molecular formula is C12H13N3OS2. The third-order valence-electron chi connectivity index (χ3n) is 2.13. The Kier molecular flexibility index (Phi) is 4.60. The second-order valence-corrected chi connectivity index (χ2v) is 5.99. The number of thiazole rings is 1. The van der Waals surface area contributed by atoms with Gasteiger partial charge in [-0.3, -0.25) is 4.79 Å². The van der Waals surface area contributed by atoms with E-state index >= 15 is 0 Å². The lowest BCUT2D eigenvalue weighted by Gasteiger charge is -2.03. The molecule has 0 unspecified atom stereocenters. The van der Waals surface area contributed by atoms with Crippen LogP contribution in [0.3, 0.4) is 0 Å². The van der Waals surface area contributed by atoms with Gasteiger partial charge >= 0.3 is 0 Å². The van der Waals surface area contributed by atoms with Crippen LogP contribution in [0, 0.1) is 0 Å². The molecule has 0 fully saturated rings. The van der Waals surface area contributed by atoms with Gasteiger partial charge in [-0.25, -0.2) is 4.98 Å². The van der Waals surface area contributed by atoms with Gasteiger partial charge in [-0.1, -0.05) is 29.5 Å². The fraction of sp³-hybridized carbons (Fsp3) is 0.167. The Morgan fingerprint density at radius 2 is 2.17 bits per heavy atom. The third kappa shape index (κ3) is 4.05. The van der Waals surface area contributed by atoms with Gasteiger partial charge in [0.25, 0.3) is 0 Å².